The third-order valence-electron chi connectivity index (χ3n) is 8.00. The summed E-state index contributed by atoms with van der Waals surface area (Å²) in [4.78, 5) is 17.6. The molecule has 3 fully saturated rings. The van der Waals surface area contributed by atoms with Gasteiger partial charge in [0.1, 0.15) is 6.29 Å². The lowest BCUT2D eigenvalue weighted by Crippen LogP contribution is -2.49. The molecule has 1 atom stereocenters. The summed E-state index contributed by atoms with van der Waals surface area (Å²) in [5.74, 6) is 0. The molecule has 4 aromatic rings. The number of pyridine rings is 1. The molecule has 3 aliphatic carbocycles. The minimum atomic E-state index is -0.422. The molecular weight excluding hydrogens is 378 g/mol. The number of benzene rings is 3. The minimum Gasteiger partial charge on any atom is -0.303 e. The van der Waals surface area contributed by atoms with Crippen LogP contribution in [0.1, 0.15) is 41.6 Å². The fraction of sp³-hybridized carbons (Fsp3) is 0.241. The summed E-state index contributed by atoms with van der Waals surface area (Å²) in [6, 6.07) is 30.2. The SMILES string of the molecule is Cc1ccc(C23CC(C=O)(C2)C(c2ccc4ccccc4c2)(c2ccccn2)C3)cc1. The van der Waals surface area contributed by atoms with Crippen LogP contribution in [-0.4, -0.2) is 11.3 Å². The van der Waals surface area contributed by atoms with Gasteiger partial charge in [0, 0.05) is 11.6 Å². The second-order valence-electron chi connectivity index (χ2n) is 9.63. The van der Waals surface area contributed by atoms with Gasteiger partial charge in [-0.05, 0) is 65.6 Å². The third-order valence-corrected chi connectivity index (χ3v) is 8.00. The molecule has 1 aromatic heterocycles. The molecule has 2 nitrogen and oxygen atoms in total. The van der Waals surface area contributed by atoms with E-state index in [2.05, 4.69) is 85.8 Å². The Balaban J connectivity index is 1.59. The van der Waals surface area contributed by atoms with E-state index >= 15 is 0 Å². The number of aromatic nitrogens is 1. The molecule has 0 N–H and O–H groups in total. The molecule has 0 radical (unpaired) electrons. The van der Waals surface area contributed by atoms with E-state index < -0.39 is 10.8 Å². The Morgan fingerprint density at radius 3 is 2.19 bits per heavy atom. The average Bonchev–Trinajstić information content (AvgIpc) is 3.28. The topological polar surface area (TPSA) is 30.0 Å². The zero-order valence-electron chi connectivity index (χ0n) is 17.7. The highest BCUT2D eigenvalue weighted by molar-refractivity contribution is 5.84. The lowest BCUT2D eigenvalue weighted by atomic mass is 9.53. The van der Waals surface area contributed by atoms with Gasteiger partial charge < -0.3 is 4.79 Å². The van der Waals surface area contributed by atoms with E-state index in [-0.39, 0.29) is 5.41 Å². The molecule has 152 valence electrons. The predicted molar refractivity (Wildman–Crippen MR) is 124 cm³/mol. The number of carbonyl (C=O) groups is 1. The van der Waals surface area contributed by atoms with Gasteiger partial charge in [-0.15, -0.1) is 0 Å². The van der Waals surface area contributed by atoms with E-state index in [1.807, 2.05) is 12.3 Å². The maximum atomic E-state index is 12.8. The quantitative estimate of drug-likeness (QED) is 0.383. The normalized spacial score (nSPS) is 28.9. The minimum absolute atomic E-state index is 0.0256. The largest absolute Gasteiger partial charge is 0.303 e. The molecule has 7 rings (SSSR count). The van der Waals surface area contributed by atoms with Crippen LogP contribution in [0, 0.1) is 12.3 Å². The summed E-state index contributed by atoms with van der Waals surface area (Å²) in [5.41, 5.74) is 4.04. The van der Waals surface area contributed by atoms with Crippen molar-refractivity contribution in [3.63, 3.8) is 0 Å². The number of hydrogen-bond donors (Lipinski definition) is 0. The molecule has 3 saturated carbocycles. The highest BCUT2D eigenvalue weighted by Crippen LogP contribution is 2.76. The Labute approximate surface area is 183 Å². The average molecular weight is 404 g/mol. The number of nitrogens with zero attached hydrogens (tertiary/aromatic N) is 1. The van der Waals surface area contributed by atoms with Gasteiger partial charge in [-0.3, -0.25) is 4.98 Å². The Morgan fingerprint density at radius 2 is 1.48 bits per heavy atom. The van der Waals surface area contributed by atoms with Crippen molar-refractivity contribution in [3.05, 3.63) is 114 Å². The standard InChI is InChI=1S/C29H25NO/c1-21-9-12-24(13-10-21)27-17-28(18-27,20-31)29(19-27,26-8-4-5-15-30-26)25-14-11-22-6-2-3-7-23(22)16-25/h2-16,20H,17-19H2,1H3. The van der Waals surface area contributed by atoms with Crippen LogP contribution < -0.4 is 0 Å². The predicted octanol–water partition coefficient (Wildman–Crippen LogP) is 6.15. The first-order chi connectivity index (χ1) is 15.1. The molecule has 1 heterocycles. The van der Waals surface area contributed by atoms with Gasteiger partial charge in [-0.1, -0.05) is 78.4 Å². The van der Waals surface area contributed by atoms with Crippen LogP contribution in [0.5, 0.6) is 0 Å². The Hall–Kier alpha value is -3.26. The van der Waals surface area contributed by atoms with E-state index in [1.165, 1.54) is 33.7 Å². The Bertz CT molecular complexity index is 1290. The highest BCUT2D eigenvalue weighted by atomic mass is 16.1. The van der Waals surface area contributed by atoms with Crippen LogP contribution in [-0.2, 0) is 15.6 Å². The van der Waals surface area contributed by atoms with Crippen LogP contribution in [0.2, 0.25) is 0 Å². The first kappa shape index (κ1) is 18.5. The summed E-state index contributed by atoms with van der Waals surface area (Å²) in [5, 5.41) is 2.44. The van der Waals surface area contributed by atoms with Crippen molar-refractivity contribution < 1.29 is 4.79 Å². The zero-order valence-corrected chi connectivity index (χ0v) is 17.7. The van der Waals surface area contributed by atoms with E-state index in [0.29, 0.717) is 0 Å². The lowest BCUT2D eigenvalue weighted by molar-refractivity contribution is -0.122. The molecule has 3 aliphatic rings. The summed E-state index contributed by atoms with van der Waals surface area (Å²) in [7, 11) is 0. The molecule has 1 unspecified atom stereocenters. The molecule has 3 aromatic carbocycles. The molecule has 0 spiro atoms. The third kappa shape index (κ3) is 2.39. The van der Waals surface area contributed by atoms with Crippen LogP contribution in [0.15, 0.2) is 91.1 Å². The van der Waals surface area contributed by atoms with Crippen LogP contribution in [0.3, 0.4) is 0 Å². The Morgan fingerprint density at radius 1 is 0.774 bits per heavy atom. The number of rotatable bonds is 4. The van der Waals surface area contributed by atoms with Gasteiger partial charge in [0.15, 0.2) is 0 Å². The lowest BCUT2D eigenvalue weighted by Gasteiger charge is -2.48. The molecule has 0 amide bonds. The zero-order chi connectivity index (χ0) is 21.1. The Kier molecular flexibility index (Phi) is 3.80. The molecule has 2 heteroatoms. The van der Waals surface area contributed by atoms with Gasteiger partial charge in [0.05, 0.1) is 11.1 Å². The number of fused-ring (bicyclic) bond motifs is 2. The van der Waals surface area contributed by atoms with Gasteiger partial charge in [-0.2, -0.15) is 0 Å². The highest BCUT2D eigenvalue weighted by Gasteiger charge is 2.75. The van der Waals surface area contributed by atoms with Gasteiger partial charge in [0.25, 0.3) is 0 Å². The molecule has 2 bridgehead atoms. The van der Waals surface area contributed by atoms with E-state index in [1.54, 1.807) is 0 Å². The molecular formula is C29H25NO. The van der Waals surface area contributed by atoms with Crippen molar-refractivity contribution in [1.29, 1.82) is 0 Å². The van der Waals surface area contributed by atoms with Gasteiger partial charge >= 0.3 is 0 Å². The summed E-state index contributed by atoms with van der Waals surface area (Å²) in [6.07, 6.45) is 5.80. The van der Waals surface area contributed by atoms with Crippen molar-refractivity contribution in [2.75, 3.05) is 0 Å². The number of carbonyl (C=O) groups excluding carboxylic acids is 1. The number of aldehydes is 1. The van der Waals surface area contributed by atoms with Crippen molar-refractivity contribution in [1.82, 2.24) is 4.98 Å². The molecule has 0 aliphatic heterocycles. The van der Waals surface area contributed by atoms with E-state index in [4.69, 9.17) is 4.98 Å². The number of aryl methyl sites for hydroxylation is 1. The second-order valence-corrected chi connectivity index (χ2v) is 9.63. The van der Waals surface area contributed by atoms with Crippen molar-refractivity contribution in [2.24, 2.45) is 5.41 Å². The van der Waals surface area contributed by atoms with Crippen molar-refractivity contribution in [2.45, 2.75) is 37.0 Å². The van der Waals surface area contributed by atoms with Crippen LogP contribution in [0.25, 0.3) is 10.8 Å². The van der Waals surface area contributed by atoms with Crippen LogP contribution in [0.4, 0.5) is 0 Å². The smallest absolute Gasteiger partial charge is 0.127 e. The van der Waals surface area contributed by atoms with Crippen molar-refractivity contribution in [3.8, 4) is 0 Å². The van der Waals surface area contributed by atoms with Crippen LogP contribution >= 0.6 is 0 Å². The first-order valence-corrected chi connectivity index (χ1v) is 11.1. The van der Waals surface area contributed by atoms with Crippen molar-refractivity contribution >= 4 is 17.1 Å². The summed E-state index contributed by atoms with van der Waals surface area (Å²) >= 11 is 0. The fourth-order valence-electron chi connectivity index (χ4n) is 6.62. The van der Waals surface area contributed by atoms with E-state index in [9.17, 15) is 4.79 Å². The summed E-state index contributed by atoms with van der Waals surface area (Å²) < 4.78 is 0. The van der Waals surface area contributed by atoms with Gasteiger partial charge in [0.2, 0.25) is 0 Å². The fourth-order valence-corrected chi connectivity index (χ4v) is 6.62. The maximum absolute atomic E-state index is 12.8. The summed E-state index contributed by atoms with van der Waals surface area (Å²) in [6.45, 7) is 2.12. The number of hydrogen-bond acceptors (Lipinski definition) is 2. The monoisotopic (exact) mass is 403 g/mol. The molecule has 31 heavy (non-hydrogen) atoms. The van der Waals surface area contributed by atoms with Gasteiger partial charge in [-0.25, -0.2) is 0 Å². The first-order valence-electron chi connectivity index (χ1n) is 11.1. The maximum Gasteiger partial charge on any atom is 0.127 e. The molecule has 0 saturated heterocycles. The second kappa shape index (κ2) is 6.37. The van der Waals surface area contributed by atoms with E-state index in [0.717, 1.165) is 25.0 Å².